The number of rotatable bonds is 11. The van der Waals surface area contributed by atoms with Gasteiger partial charge in [-0.15, -0.1) is 0 Å². The molecule has 0 spiro atoms. The molecule has 0 bridgehead atoms. The van der Waals surface area contributed by atoms with Gasteiger partial charge in [0.1, 0.15) is 0 Å². The molecule has 1 aliphatic carbocycles. The molecule has 33 heavy (non-hydrogen) atoms. The monoisotopic (exact) mass is 475 g/mol. The number of para-hydroxylation sites is 1. The summed E-state index contributed by atoms with van der Waals surface area (Å²) in [6.45, 7) is 5.68. The summed E-state index contributed by atoms with van der Waals surface area (Å²) >= 11 is 0.957. The molecule has 4 N–H and O–H groups in total. The van der Waals surface area contributed by atoms with Gasteiger partial charge in [0.2, 0.25) is 22.8 Å². The van der Waals surface area contributed by atoms with Crippen LogP contribution in [0.4, 0.5) is 5.69 Å². The first-order valence-electron chi connectivity index (χ1n) is 11.8. The van der Waals surface area contributed by atoms with E-state index in [9.17, 15) is 19.2 Å². The molecule has 1 aromatic rings. The third-order valence-electron chi connectivity index (χ3n) is 6.18. The average molecular weight is 476 g/mol. The Morgan fingerprint density at radius 1 is 1.06 bits per heavy atom. The molecule has 1 saturated carbocycles. The number of benzene rings is 1. The van der Waals surface area contributed by atoms with Gasteiger partial charge in [-0.1, -0.05) is 45.2 Å². The van der Waals surface area contributed by atoms with Gasteiger partial charge < -0.3 is 16.4 Å². The zero-order valence-electron chi connectivity index (χ0n) is 19.9. The number of amides is 3. The van der Waals surface area contributed by atoms with Crippen LogP contribution in [0.15, 0.2) is 29.2 Å². The third kappa shape index (κ3) is 8.50. The summed E-state index contributed by atoms with van der Waals surface area (Å²) in [5.74, 6) is -0.335. The fraction of sp³-hybridized carbons (Fsp3) is 0.600. The largest absolute Gasteiger partial charge is 0.370 e. The van der Waals surface area contributed by atoms with Gasteiger partial charge in [-0.3, -0.25) is 19.2 Å². The zero-order chi connectivity index (χ0) is 24.4. The Kier molecular flexibility index (Phi) is 10.4. The Bertz CT molecular complexity index is 850. The van der Waals surface area contributed by atoms with E-state index in [0.717, 1.165) is 56.7 Å². The van der Waals surface area contributed by atoms with Crippen LogP contribution in [0.5, 0.6) is 0 Å². The van der Waals surface area contributed by atoms with Crippen LogP contribution < -0.4 is 16.4 Å². The predicted molar refractivity (Wildman–Crippen MR) is 132 cm³/mol. The summed E-state index contributed by atoms with van der Waals surface area (Å²) in [7, 11) is 0. The number of nitrogens with one attached hydrogen (secondary N) is 2. The van der Waals surface area contributed by atoms with Gasteiger partial charge in [0, 0.05) is 23.7 Å². The van der Waals surface area contributed by atoms with E-state index in [-0.39, 0.29) is 35.2 Å². The van der Waals surface area contributed by atoms with Crippen LogP contribution in [0.2, 0.25) is 0 Å². The van der Waals surface area contributed by atoms with Gasteiger partial charge in [-0.25, -0.2) is 0 Å². The van der Waals surface area contributed by atoms with Gasteiger partial charge in [0.15, 0.2) is 0 Å². The SMILES string of the molecule is CC(=O)N[C@@H](CCC(N)=O)C(=O)Sc1ccccc1NC(=O)C1(CCC(C)C)CCCCC1. The van der Waals surface area contributed by atoms with Crippen molar-refractivity contribution < 1.29 is 19.2 Å². The molecule has 1 aromatic carbocycles. The van der Waals surface area contributed by atoms with Crippen molar-refractivity contribution in [3.05, 3.63) is 24.3 Å². The first-order valence-corrected chi connectivity index (χ1v) is 12.6. The minimum atomic E-state index is -0.834. The average Bonchev–Trinajstić information content (AvgIpc) is 2.76. The predicted octanol–water partition coefficient (Wildman–Crippen LogP) is 4.40. The van der Waals surface area contributed by atoms with E-state index in [1.165, 1.54) is 6.92 Å². The number of thioether (sulfide) groups is 1. The van der Waals surface area contributed by atoms with Crippen molar-refractivity contribution in [3.8, 4) is 0 Å². The molecule has 0 radical (unpaired) electrons. The number of hydrogen-bond acceptors (Lipinski definition) is 5. The lowest BCUT2D eigenvalue weighted by Gasteiger charge is -2.36. The number of hydrogen-bond donors (Lipinski definition) is 3. The van der Waals surface area contributed by atoms with Gasteiger partial charge >= 0.3 is 0 Å². The second-order valence-electron chi connectivity index (χ2n) is 9.40. The van der Waals surface area contributed by atoms with Gasteiger partial charge in [0.05, 0.1) is 11.7 Å². The maximum Gasteiger partial charge on any atom is 0.230 e. The van der Waals surface area contributed by atoms with E-state index in [4.69, 9.17) is 5.73 Å². The first kappa shape index (κ1) is 26.9. The summed E-state index contributed by atoms with van der Waals surface area (Å²) in [6.07, 6.45) is 7.03. The molecule has 0 heterocycles. The highest BCUT2D eigenvalue weighted by molar-refractivity contribution is 8.14. The number of anilines is 1. The van der Waals surface area contributed by atoms with E-state index in [0.29, 0.717) is 16.5 Å². The molecule has 7 nitrogen and oxygen atoms in total. The highest BCUT2D eigenvalue weighted by atomic mass is 32.2. The lowest BCUT2D eigenvalue weighted by atomic mass is 9.69. The van der Waals surface area contributed by atoms with Gasteiger partial charge in [0.25, 0.3) is 0 Å². The van der Waals surface area contributed by atoms with Crippen molar-refractivity contribution in [2.45, 2.75) is 89.5 Å². The Balaban J connectivity index is 2.17. The molecule has 1 aliphatic rings. The Hall–Kier alpha value is -2.35. The summed E-state index contributed by atoms with van der Waals surface area (Å²) in [4.78, 5) is 49.7. The number of nitrogens with two attached hydrogens (primary N) is 1. The van der Waals surface area contributed by atoms with Crippen LogP contribution in [0.1, 0.15) is 78.6 Å². The van der Waals surface area contributed by atoms with E-state index in [1.807, 2.05) is 6.07 Å². The molecule has 1 atom stereocenters. The smallest absolute Gasteiger partial charge is 0.230 e. The molecule has 0 saturated heterocycles. The van der Waals surface area contributed by atoms with E-state index >= 15 is 0 Å². The Morgan fingerprint density at radius 2 is 1.73 bits per heavy atom. The molecule has 0 unspecified atom stereocenters. The molecular formula is C25H37N3O4S. The van der Waals surface area contributed by atoms with Crippen LogP contribution >= 0.6 is 11.8 Å². The van der Waals surface area contributed by atoms with Crippen LogP contribution in [0, 0.1) is 11.3 Å². The van der Waals surface area contributed by atoms with Crippen molar-refractivity contribution in [2.24, 2.45) is 17.1 Å². The first-order chi connectivity index (χ1) is 15.6. The fourth-order valence-corrected chi connectivity index (χ4v) is 5.17. The standard InChI is InChI=1S/C25H37N3O4S/c1-17(2)13-16-25(14-7-4-8-15-25)24(32)28-19-9-5-6-10-21(19)33-23(31)20(27-18(3)29)11-12-22(26)30/h5-6,9-10,17,20H,4,7-8,11-16H2,1-3H3,(H2,26,30)(H,27,29)(H,28,32)/t20-/m0/s1. The molecule has 0 aromatic heterocycles. The van der Waals surface area contributed by atoms with Crippen LogP contribution in [0.3, 0.4) is 0 Å². The molecule has 2 rings (SSSR count). The van der Waals surface area contributed by atoms with E-state index in [1.54, 1.807) is 18.2 Å². The number of primary amides is 1. The molecular weight excluding hydrogens is 438 g/mol. The quantitative estimate of drug-likeness (QED) is 0.410. The second kappa shape index (κ2) is 12.8. The minimum absolute atomic E-state index is 0.00595. The second-order valence-corrected chi connectivity index (χ2v) is 10.4. The van der Waals surface area contributed by atoms with Crippen molar-refractivity contribution >= 4 is 40.3 Å². The van der Waals surface area contributed by atoms with Crippen molar-refractivity contribution in [2.75, 3.05) is 5.32 Å². The molecule has 1 fully saturated rings. The van der Waals surface area contributed by atoms with Crippen molar-refractivity contribution in [1.29, 1.82) is 0 Å². The summed E-state index contributed by atoms with van der Waals surface area (Å²) in [5.41, 5.74) is 5.43. The Labute approximate surface area is 201 Å². The third-order valence-corrected chi connectivity index (χ3v) is 7.24. The van der Waals surface area contributed by atoms with Gasteiger partial charge in [-0.05, 0) is 61.9 Å². The lowest BCUT2D eigenvalue weighted by molar-refractivity contribution is -0.128. The molecule has 182 valence electrons. The van der Waals surface area contributed by atoms with Crippen LogP contribution in [-0.2, 0) is 19.2 Å². The lowest BCUT2D eigenvalue weighted by Crippen LogP contribution is -2.39. The summed E-state index contributed by atoms with van der Waals surface area (Å²) < 4.78 is 0. The normalized spacial score (nSPS) is 16.1. The minimum Gasteiger partial charge on any atom is -0.370 e. The maximum absolute atomic E-state index is 13.5. The zero-order valence-corrected chi connectivity index (χ0v) is 20.8. The molecule has 8 heteroatoms. The topological polar surface area (TPSA) is 118 Å². The van der Waals surface area contributed by atoms with Crippen LogP contribution in [0.25, 0.3) is 0 Å². The number of carbonyl (C=O) groups is 4. The molecule has 3 amide bonds. The van der Waals surface area contributed by atoms with E-state index < -0.39 is 11.9 Å². The fourth-order valence-electron chi connectivity index (χ4n) is 4.26. The van der Waals surface area contributed by atoms with Crippen molar-refractivity contribution in [3.63, 3.8) is 0 Å². The number of carbonyl (C=O) groups excluding carboxylic acids is 4. The molecule has 0 aliphatic heterocycles. The summed E-state index contributed by atoms with van der Waals surface area (Å²) in [6, 6.07) is 6.36. The van der Waals surface area contributed by atoms with Gasteiger partial charge in [-0.2, -0.15) is 0 Å². The summed E-state index contributed by atoms with van der Waals surface area (Å²) in [5, 5.41) is 5.40. The van der Waals surface area contributed by atoms with E-state index in [2.05, 4.69) is 24.5 Å². The highest BCUT2D eigenvalue weighted by Crippen LogP contribution is 2.42. The highest BCUT2D eigenvalue weighted by Gasteiger charge is 2.39. The van der Waals surface area contributed by atoms with Crippen LogP contribution in [-0.4, -0.2) is 28.9 Å². The van der Waals surface area contributed by atoms with Crippen molar-refractivity contribution in [1.82, 2.24) is 5.32 Å². The maximum atomic E-state index is 13.5. The Morgan fingerprint density at radius 3 is 2.33 bits per heavy atom.